The predicted molar refractivity (Wildman–Crippen MR) is 67.1 cm³/mol. The first-order valence-electron chi connectivity index (χ1n) is 4.82. The molecule has 0 aromatic heterocycles. The Hall–Kier alpha value is -0.0400. The second-order valence-corrected chi connectivity index (χ2v) is 5.54. The molecule has 2 atom stereocenters. The van der Waals surface area contributed by atoms with Crippen LogP contribution in [0.1, 0.15) is 12.8 Å². The van der Waals surface area contributed by atoms with Crippen molar-refractivity contribution < 1.29 is 9.59 Å². The first-order chi connectivity index (χ1) is 7.28. The molecule has 15 heavy (non-hydrogen) atoms. The van der Waals surface area contributed by atoms with Crippen molar-refractivity contribution in [1.82, 2.24) is 0 Å². The third-order valence-corrected chi connectivity index (χ3v) is 4.01. The van der Waals surface area contributed by atoms with E-state index in [-0.39, 0.29) is 10.5 Å². The molecule has 0 aliphatic rings. The number of thioether (sulfide) groups is 2. The van der Waals surface area contributed by atoms with Crippen LogP contribution in [-0.2, 0) is 9.59 Å². The van der Waals surface area contributed by atoms with E-state index in [1.165, 1.54) is 11.8 Å². The fraction of sp³-hybridized carbons (Fsp3) is 0.778. The van der Waals surface area contributed by atoms with Crippen molar-refractivity contribution in [2.45, 2.75) is 23.3 Å². The molecular weight excluding hydrogens is 232 g/mol. The first kappa shape index (κ1) is 15.0. The van der Waals surface area contributed by atoms with E-state index < -0.39 is 0 Å². The number of hydrogen-bond donors (Lipinski definition) is 2. The van der Waals surface area contributed by atoms with E-state index in [1.807, 2.05) is 0 Å². The number of nitrogens with two attached hydrogens (primary N) is 2. The van der Waals surface area contributed by atoms with Gasteiger partial charge in [-0.15, -0.1) is 23.5 Å². The molecule has 0 heterocycles. The number of carbonyl (C=O) groups is 2. The summed E-state index contributed by atoms with van der Waals surface area (Å²) in [6.45, 7) is 0.573. The largest absolute Gasteiger partial charge is 0.330 e. The monoisotopic (exact) mass is 250 g/mol. The van der Waals surface area contributed by atoms with Crippen molar-refractivity contribution in [2.75, 3.05) is 18.2 Å². The Bertz CT molecular complexity index is 181. The molecule has 6 heteroatoms. The van der Waals surface area contributed by atoms with Crippen LogP contribution in [0, 0.1) is 0 Å². The minimum absolute atomic E-state index is 0.0469. The normalized spacial score (nSPS) is 14.5. The maximum Gasteiger partial charge on any atom is 0.133 e. The lowest BCUT2D eigenvalue weighted by atomic mass is 10.2. The highest BCUT2D eigenvalue weighted by Crippen LogP contribution is 2.19. The van der Waals surface area contributed by atoms with Crippen molar-refractivity contribution >= 4 is 36.1 Å². The summed E-state index contributed by atoms with van der Waals surface area (Å²) in [7, 11) is 0. The summed E-state index contributed by atoms with van der Waals surface area (Å²) in [4.78, 5) is 21.3. The third kappa shape index (κ3) is 7.84. The highest BCUT2D eigenvalue weighted by molar-refractivity contribution is 8.00. The van der Waals surface area contributed by atoms with Gasteiger partial charge in [0, 0.05) is 18.2 Å². The van der Waals surface area contributed by atoms with Crippen LogP contribution in [0.15, 0.2) is 0 Å². The summed E-state index contributed by atoms with van der Waals surface area (Å²) in [6.07, 6.45) is 3.24. The highest BCUT2D eigenvalue weighted by Gasteiger charge is 2.12. The van der Waals surface area contributed by atoms with Gasteiger partial charge in [-0.25, -0.2) is 0 Å². The van der Waals surface area contributed by atoms with E-state index in [1.54, 1.807) is 11.8 Å². The average Bonchev–Trinajstić information content (AvgIpc) is 2.27. The molecule has 0 bridgehead atoms. The van der Waals surface area contributed by atoms with Crippen molar-refractivity contribution in [3.63, 3.8) is 0 Å². The fourth-order valence-electron chi connectivity index (χ4n) is 1.05. The molecule has 0 saturated heterocycles. The van der Waals surface area contributed by atoms with Crippen LogP contribution in [0.2, 0.25) is 0 Å². The Labute approximate surface area is 98.9 Å². The Balaban J connectivity index is 3.75. The number of aldehydes is 2. The lowest BCUT2D eigenvalue weighted by molar-refractivity contribution is -0.109. The zero-order valence-electron chi connectivity index (χ0n) is 8.63. The van der Waals surface area contributed by atoms with Crippen LogP contribution in [0.5, 0.6) is 0 Å². The minimum Gasteiger partial charge on any atom is -0.330 e. The van der Waals surface area contributed by atoms with Gasteiger partial charge in [0.25, 0.3) is 0 Å². The molecule has 0 fully saturated rings. The summed E-state index contributed by atoms with van der Waals surface area (Å²) in [5.41, 5.74) is 10.7. The van der Waals surface area contributed by atoms with E-state index in [4.69, 9.17) is 11.5 Å². The summed E-state index contributed by atoms with van der Waals surface area (Å²) < 4.78 is 0. The van der Waals surface area contributed by atoms with Gasteiger partial charge in [0.2, 0.25) is 0 Å². The maximum atomic E-state index is 10.7. The van der Waals surface area contributed by atoms with E-state index in [2.05, 4.69) is 0 Å². The van der Waals surface area contributed by atoms with Crippen molar-refractivity contribution in [3.8, 4) is 0 Å². The van der Waals surface area contributed by atoms with Crippen LogP contribution >= 0.6 is 23.5 Å². The molecule has 0 spiro atoms. The van der Waals surface area contributed by atoms with Gasteiger partial charge in [-0.1, -0.05) is 0 Å². The molecule has 0 aromatic carbocycles. The number of rotatable bonds is 10. The molecule has 0 aliphatic carbocycles. The van der Waals surface area contributed by atoms with E-state index >= 15 is 0 Å². The van der Waals surface area contributed by atoms with Gasteiger partial charge in [0.05, 0.1) is 10.5 Å². The SMILES string of the molecule is NCCSC(C=O)CCC(C=O)SCN. The van der Waals surface area contributed by atoms with Gasteiger partial charge in [0.15, 0.2) is 0 Å². The van der Waals surface area contributed by atoms with E-state index in [9.17, 15) is 9.59 Å². The van der Waals surface area contributed by atoms with Gasteiger partial charge < -0.3 is 21.1 Å². The number of hydrogen-bond acceptors (Lipinski definition) is 6. The first-order valence-corrected chi connectivity index (χ1v) is 6.92. The van der Waals surface area contributed by atoms with Gasteiger partial charge >= 0.3 is 0 Å². The van der Waals surface area contributed by atoms with Gasteiger partial charge in [0.1, 0.15) is 12.6 Å². The molecule has 4 N–H and O–H groups in total. The van der Waals surface area contributed by atoms with Gasteiger partial charge in [-0.2, -0.15) is 0 Å². The topological polar surface area (TPSA) is 86.2 Å². The summed E-state index contributed by atoms with van der Waals surface area (Å²) in [5.74, 6) is 1.21. The third-order valence-electron chi connectivity index (χ3n) is 1.80. The quantitative estimate of drug-likeness (QED) is 0.427. The Morgan fingerprint density at radius 1 is 1.00 bits per heavy atom. The lowest BCUT2D eigenvalue weighted by Gasteiger charge is -2.12. The van der Waals surface area contributed by atoms with E-state index in [0.717, 1.165) is 18.3 Å². The standard InChI is InChI=1S/C9H18N2O2S2/c10-3-4-14-8(5-12)1-2-9(6-13)15-7-11/h5-6,8-9H,1-4,7,10-11H2. The van der Waals surface area contributed by atoms with Crippen LogP contribution in [-0.4, -0.2) is 41.2 Å². The minimum atomic E-state index is -0.0871. The predicted octanol–water partition coefficient (Wildman–Crippen LogP) is 0.243. The summed E-state index contributed by atoms with van der Waals surface area (Å²) >= 11 is 2.96. The second kappa shape index (κ2) is 10.5. The molecule has 0 amide bonds. The van der Waals surface area contributed by atoms with E-state index in [0.29, 0.717) is 25.3 Å². The van der Waals surface area contributed by atoms with Crippen molar-refractivity contribution in [1.29, 1.82) is 0 Å². The van der Waals surface area contributed by atoms with Crippen molar-refractivity contribution in [2.24, 2.45) is 11.5 Å². The van der Waals surface area contributed by atoms with Crippen LogP contribution in [0.25, 0.3) is 0 Å². The smallest absolute Gasteiger partial charge is 0.133 e. The molecule has 0 rings (SSSR count). The number of carbonyl (C=O) groups excluding carboxylic acids is 2. The Kier molecular flexibility index (Phi) is 10.4. The molecule has 0 aliphatic heterocycles. The van der Waals surface area contributed by atoms with Crippen LogP contribution in [0.4, 0.5) is 0 Å². The zero-order valence-corrected chi connectivity index (χ0v) is 10.3. The van der Waals surface area contributed by atoms with Crippen molar-refractivity contribution in [3.05, 3.63) is 0 Å². The van der Waals surface area contributed by atoms with Gasteiger partial charge in [-0.3, -0.25) is 0 Å². The zero-order chi connectivity index (χ0) is 11.5. The Morgan fingerprint density at radius 2 is 1.53 bits per heavy atom. The molecule has 4 nitrogen and oxygen atoms in total. The summed E-state index contributed by atoms with van der Waals surface area (Å²) in [5, 5.41) is -0.134. The maximum absolute atomic E-state index is 10.7. The van der Waals surface area contributed by atoms with Gasteiger partial charge in [-0.05, 0) is 12.8 Å². The molecule has 0 radical (unpaired) electrons. The molecular formula is C9H18N2O2S2. The lowest BCUT2D eigenvalue weighted by Crippen LogP contribution is -2.15. The fourth-order valence-corrected chi connectivity index (χ4v) is 2.50. The molecule has 2 unspecified atom stereocenters. The average molecular weight is 250 g/mol. The van der Waals surface area contributed by atoms with Crippen LogP contribution in [0.3, 0.4) is 0 Å². The summed E-state index contributed by atoms with van der Waals surface area (Å²) in [6, 6.07) is 0. The molecule has 0 saturated carbocycles. The Morgan fingerprint density at radius 3 is 1.93 bits per heavy atom. The highest BCUT2D eigenvalue weighted by atomic mass is 32.2. The molecule has 0 aromatic rings. The molecule has 88 valence electrons. The van der Waals surface area contributed by atoms with Crippen LogP contribution < -0.4 is 11.5 Å². The second-order valence-electron chi connectivity index (χ2n) is 2.92.